The van der Waals surface area contributed by atoms with Gasteiger partial charge in [-0.1, -0.05) is 0 Å². The standard InChI is InChI=1S/C10H10BrN3OS/c11-6-1-8(16-5-6)4-14-10(15)9-2-7(12)3-13-9/h1-3,5,13H,4,12H2,(H,14,15). The van der Waals surface area contributed by atoms with Gasteiger partial charge in [-0.3, -0.25) is 4.79 Å². The number of hydrogen-bond donors (Lipinski definition) is 3. The van der Waals surface area contributed by atoms with Crippen LogP contribution in [0.3, 0.4) is 0 Å². The van der Waals surface area contributed by atoms with Crippen molar-refractivity contribution in [3.05, 3.63) is 38.8 Å². The molecule has 6 heteroatoms. The maximum atomic E-state index is 11.6. The fourth-order valence-corrected chi connectivity index (χ4v) is 2.64. The number of amides is 1. The third-order valence-electron chi connectivity index (χ3n) is 1.99. The van der Waals surface area contributed by atoms with Gasteiger partial charge in [0, 0.05) is 26.6 Å². The van der Waals surface area contributed by atoms with Crippen LogP contribution < -0.4 is 11.1 Å². The maximum Gasteiger partial charge on any atom is 0.268 e. The first-order valence-electron chi connectivity index (χ1n) is 4.60. The molecular weight excluding hydrogens is 290 g/mol. The zero-order valence-electron chi connectivity index (χ0n) is 8.29. The van der Waals surface area contributed by atoms with Crippen molar-refractivity contribution in [2.24, 2.45) is 0 Å². The lowest BCUT2D eigenvalue weighted by molar-refractivity contribution is 0.0947. The molecule has 16 heavy (non-hydrogen) atoms. The molecule has 0 saturated heterocycles. The van der Waals surface area contributed by atoms with Gasteiger partial charge in [0.15, 0.2) is 0 Å². The molecule has 0 aromatic carbocycles. The average molecular weight is 300 g/mol. The van der Waals surface area contributed by atoms with Crippen molar-refractivity contribution in [3.63, 3.8) is 0 Å². The fourth-order valence-electron chi connectivity index (χ4n) is 1.25. The van der Waals surface area contributed by atoms with E-state index < -0.39 is 0 Å². The van der Waals surface area contributed by atoms with E-state index in [2.05, 4.69) is 26.2 Å². The zero-order valence-corrected chi connectivity index (χ0v) is 10.7. The highest BCUT2D eigenvalue weighted by Gasteiger charge is 2.07. The average Bonchev–Trinajstić information content (AvgIpc) is 2.84. The van der Waals surface area contributed by atoms with Crippen molar-refractivity contribution < 1.29 is 4.79 Å². The summed E-state index contributed by atoms with van der Waals surface area (Å²) in [6, 6.07) is 3.59. The number of halogens is 1. The third-order valence-corrected chi connectivity index (χ3v) is 3.69. The summed E-state index contributed by atoms with van der Waals surface area (Å²) in [6.45, 7) is 0.522. The van der Waals surface area contributed by atoms with Gasteiger partial charge in [-0.05, 0) is 28.1 Å². The predicted octanol–water partition coefficient (Wildman–Crippen LogP) is 2.35. The lowest BCUT2D eigenvalue weighted by Gasteiger charge is -2.00. The Balaban J connectivity index is 1.93. The van der Waals surface area contributed by atoms with E-state index in [1.165, 1.54) is 0 Å². The van der Waals surface area contributed by atoms with Crippen LogP contribution in [0.15, 0.2) is 28.2 Å². The van der Waals surface area contributed by atoms with Crippen LogP contribution in [0, 0.1) is 0 Å². The van der Waals surface area contributed by atoms with Gasteiger partial charge in [-0.25, -0.2) is 0 Å². The van der Waals surface area contributed by atoms with Crippen molar-refractivity contribution in [1.82, 2.24) is 10.3 Å². The molecule has 2 rings (SSSR count). The molecular formula is C10H10BrN3OS. The molecule has 0 fully saturated rings. The van der Waals surface area contributed by atoms with Crippen molar-refractivity contribution in [3.8, 4) is 0 Å². The summed E-state index contributed by atoms with van der Waals surface area (Å²) in [7, 11) is 0. The summed E-state index contributed by atoms with van der Waals surface area (Å²) in [5.74, 6) is -0.152. The molecule has 4 nitrogen and oxygen atoms in total. The molecule has 0 unspecified atom stereocenters. The molecule has 2 aromatic rings. The second kappa shape index (κ2) is 4.71. The number of H-pyrrole nitrogens is 1. The van der Waals surface area contributed by atoms with Crippen LogP contribution in [0.4, 0.5) is 5.69 Å². The van der Waals surface area contributed by atoms with Gasteiger partial charge in [-0.15, -0.1) is 11.3 Å². The number of nitrogen functional groups attached to an aromatic ring is 1. The number of aromatic nitrogens is 1. The minimum atomic E-state index is -0.152. The number of thiophene rings is 1. The lowest BCUT2D eigenvalue weighted by Crippen LogP contribution is -2.22. The third kappa shape index (κ3) is 2.65. The Kier molecular flexibility index (Phi) is 3.31. The Morgan fingerprint density at radius 2 is 2.38 bits per heavy atom. The van der Waals surface area contributed by atoms with Gasteiger partial charge < -0.3 is 16.0 Å². The predicted molar refractivity (Wildman–Crippen MR) is 68.4 cm³/mol. The van der Waals surface area contributed by atoms with E-state index in [4.69, 9.17) is 5.73 Å². The topological polar surface area (TPSA) is 70.9 Å². The number of hydrogen-bond acceptors (Lipinski definition) is 3. The monoisotopic (exact) mass is 299 g/mol. The molecule has 2 heterocycles. The van der Waals surface area contributed by atoms with Gasteiger partial charge >= 0.3 is 0 Å². The van der Waals surface area contributed by atoms with Crippen LogP contribution in [0.25, 0.3) is 0 Å². The largest absolute Gasteiger partial charge is 0.397 e. The highest BCUT2D eigenvalue weighted by Crippen LogP contribution is 2.19. The van der Waals surface area contributed by atoms with Gasteiger partial charge in [0.05, 0.1) is 6.54 Å². The summed E-state index contributed by atoms with van der Waals surface area (Å²) in [5, 5.41) is 4.79. The van der Waals surface area contributed by atoms with E-state index in [0.29, 0.717) is 17.9 Å². The molecule has 0 spiro atoms. The summed E-state index contributed by atoms with van der Waals surface area (Å²) in [5.41, 5.74) is 6.55. The molecule has 1 amide bonds. The minimum absolute atomic E-state index is 0.152. The van der Waals surface area contributed by atoms with E-state index >= 15 is 0 Å². The Bertz CT molecular complexity index is 506. The van der Waals surface area contributed by atoms with Crippen LogP contribution in [-0.4, -0.2) is 10.9 Å². The molecule has 0 radical (unpaired) electrons. The summed E-state index contributed by atoms with van der Waals surface area (Å²) < 4.78 is 1.03. The molecule has 84 valence electrons. The summed E-state index contributed by atoms with van der Waals surface area (Å²) in [4.78, 5) is 15.5. The molecule has 0 saturated carbocycles. The minimum Gasteiger partial charge on any atom is -0.397 e. The smallest absolute Gasteiger partial charge is 0.268 e. The number of aromatic amines is 1. The van der Waals surface area contributed by atoms with Crippen molar-refractivity contribution in [1.29, 1.82) is 0 Å². The SMILES string of the molecule is Nc1c[nH]c(C(=O)NCc2cc(Br)cs2)c1. The Labute approximate surface area is 105 Å². The van der Waals surface area contributed by atoms with E-state index in [9.17, 15) is 4.79 Å². The molecule has 4 N–H and O–H groups in total. The Hall–Kier alpha value is -1.27. The highest BCUT2D eigenvalue weighted by atomic mass is 79.9. The first kappa shape index (κ1) is 11.2. The molecule has 0 aliphatic heterocycles. The number of carbonyl (C=O) groups is 1. The fraction of sp³-hybridized carbons (Fsp3) is 0.100. The number of anilines is 1. The van der Waals surface area contributed by atoms with E-state index in [1.807, 2.05) is 11.4 Å². The van der Waals surface area contributed by atoms with Crippen molar-refractivity contribution in [2.75, 3.05) is 5.73 Å². The molecule has 2 aromatic heterocycles. The van der Waals surface area contributed by atoms with Gasteiger partial charge in [-0.2, -0.15) is 0 Å². The van der Waals surface area contributed by atoms with Gasteiger partial charge in [0.25, 0.3) is 5.91 Å². The van der Waals surface area contributed by atoms with E-state index in [0.717, 1.165) is 9.35 Å². The Morgan fingerprint density at radius 1 is 1.56 bits per heavy atom. The maximum absolute atomic E-state index is 11.6. The van der Waals surface area contributed by atoms with E-state index in [-0.39, 0.29) is 5.91 Å². The number of rotatable bonds is 3. The quantitative estimate of drug-likeness (QED) is 0.814. The zero-order chi connectivity index (χ0) is 11.5. The highest BCUT2D eigenvalue weighted by molar-refractivity contribution is 9.10. The van der Waals surface area contributed by atoms with Crippen molar-refractivity contribution in [2.45, 2.75) is 6.54 Å². The molecule has 0 aliphatic carbocycles. The number of nitrogens with two attached hydrogens (primary N) is 1. The van der Waals surface area contributed by atoms with Crippen LogP contribution >= 0.6 is 27.3 Å². The number of carbonyl (C=O) groups excluding carboxylic acids is 1. The normalized spacial score (nSPS) is 10.3. The second-order valence-corrected chi connectivity index (χ2v) is 5.17. The van der Waals surface area contributed by atoms with Crippen LogP contribution in [0.1, 0.15) is 15.4 Å². The lowest BCUT2D eigenvalue weighted by atomic mass is 10.4. The summed E-state index contributed by atoms with van der Waals surface area (Å²) >= 11 is 4.96. The van der Waals surface area contributed by atoms with Crippen molar-refractivity contribution >= 4 is 38.9 Å². The first-order valence-corrected chi connectivity index (χ1v) is 6.27. The van der Waals surface area contributed by atoms with E-state index in [1.54, 1.807) is 23.6 Å². The summed E-state index contributed by atoms with van der Waals surface area (Å²) in [6.07, 6.45) is 1.59. The molecule has 0 atom stereocenters. The Morgan fingerprint density at radius 3 is 2.94 bits per heavy atom. The molecule has 0 aliphatic rings. The van der Waals surface area contributed by atoms with Crippen LogP contribution in [0.5, 0.6) is 0 Å². The number of nitrogens with one attached hydrogen (secondary N) is 2. The van der Waals surface area contributed by atoms with Crippen LogP contribution in [-0.2, 0) is 6.54 Å². The first-order chi connectivity index (χ1) is 7.65. The van der Waals surface area contributed by atoms with Gasteiger partial charge in [0.2, 0.25) is 0 Å². The second-order valence-electron chi connectivity index (χ2n) is 3.26. The van der Waals surface area contributed by atoms with Crippen LogP contribution in [0.2, 0.25) is 0 Å². The molecule has 0 bridgehead atoms. The van der Waals surface area contributed by atoms with Gasteiger partial charge in [0.1, 0.15) is 5.69 Å².